The maximum Gasteiger partial charge on any atom is 0.261 e. The molecule has 1 aliphatic heterocycles. The van der Waals surface area contributed by atoms with Gasteiger partial charge in [0, 0.05) is 16.8 Å². The Morgan fingerprint density at radius 3 is 2.50 bits per heavy atom. The molecule has 0 unspecified atom stereocenters. The van der Waals surface area contributed by atoms with Gasteiger partial charge in [-0.15, -0.1) is 0 Å². The highest BCUT2D eigenvalue weighted by Crippen LogP contribution is 2.36. The number of carbonyl (C=O) groups is 1. The number of hydrogen-bond donors (Lipinski definition) is 2. The fourth-order valence-electron chi connectivity index (χ4n) is 2.75. The summed E-state index contributed by atoms with van der Waals surface area (Å²) in [4.78, 5) is 12.1. The highest BCUT2D eigenvalue weighted by Gasteiger charge is 2.27. The van der Waals surface area contributed by atoms with Gasteiger partial charge in [-0.2, -0.15) is 0 Å². The van der Waals surface area contributed by atoms with E-state index in [1.807, 2.05) is 13.8 Å². The van der Waals surface area contributed by atoms with Crippen LogP contribution in [0, 0.1) is 0 Å². The molecule has 0 saturated carbocycles. The average molecular weight is 393 g/mol. The first-order chi connectivity index (χ1) is 12.2. The van der Waals surface area contributed by atoms with Crippen LogP contribution in [0.4, 0.5) is 11.4 Å². The topological polar surface area (TPSA) is 84.5 Å². The Balaban J connectivity index is 1.98. The molecule has 0 saturated heterocycles. The van der Waals surface area contributed by atoms with E-state index in [2.05, 4.69) is 10.0 Å². The third kappa shape index (κ3) is 3.27. The molecule has 1 aliphatic rings. The minimum absolute atomic E-state index is 0.0541. The maximum atomic E-state index is 12.7. The molecule has 26 heavy (non-hydrogen) atoms. The number of hydrogen-bond acceptors (Lipinski definition) is 4. The van der Waals surface area contributed by atoms with Crippen LogP contribution in [-0.2, 0) is 14.8 Å². The van der Waals surface area contributed by atoms with Gasteiger partial charge in [0.2, 0.25) is 0 Å². The van der Waals surface area contributed by atoms with Crippen LogP contribution >= 0.6 is 11.6 Å². The monoisotopic (exact) mass is 392 g/mol. The van der Waals surface area contributed by atoms with E-state index >= 15 is 0 Å². The summed E-state index contributed by atoms with van der Waals surface area (Å²) >= 11 is 6.04. The van der Waals surface area contributed by atoms with Gasteiger partial charge >= 0.3 is 0 Å². The fourth-order valence-corrected chi connectivity index (χ4v) is 4.09. The highest BCUT2D eigenvalue weighted by atomic mass is 35.5. The van der Waals surface area contributed by atoms with Crippen LogP contribution in [0.3, 0.4) is 0 Å². The normalized spacial score (nSPS) is 13.2. The third-order valence-corrected chi connectivity index (χ3v) is 5.62. The predicted octanol–water partition coefficient (Wildman–Crippen LogP) is 3.89. The smallest absolute Gasteiger partial charge is 0.261 e. The van der Waals surface area contributed by atoms with Crippen molar-refractivity contribution in [3.05, 3.63) is 52.6 Å². The van der Waals surface area contributed by atoms with Crippen molar-refractivity contribution in [1.29, 1.82) is 0 Å². The Hall–Kier alpha value is -2.51. The van der Waals surface area contributed by atoms with Crippen LogP contribution < -0.4 is 14.8 Å². The minimum Gasteiger partial charge on any atom is -0.495 e. The van der Waals surface area contributed by atoms with E-state index in [0.717, 1.165) is 5.57 Å². The van der Waals surface area contributed by atoms with Crippen LogP contribution in [0.25, 0.3) is 5.57 Å². The SMILES string of the molecule is COc1ccc(NS(=O)(=O)c2ccc3c(c2)C(=C(C)C)C(=O)N3)cc1Cl. The first-order valence-corrected chi connectivity index (χ1v) is 9.58. The quantitative estimate of drug-likeness (QED) is 0.773. The molecule has 2 N–H and O–H groups in total. The predicted molar refractivity (Wildman–Crippen MR) is 102 cm³/mol. The Morgan fingerprint density at radius 2 is 1.88 bits per heavy atom. The molecule has 0 fully saturated rings. The lowest BCUT2D eigenvalue weighted by Crippen LogP contribution is -2.13. The van der Waals surface area contributed by atoms with Crippen molar-refractivity contribution in [2.45, 2.75) is 18.7 Å². The Bertz CT molecular complexity index is 1040. The molecule has 0 aromatic heterocycles. The Kier molecular flexibility index (Phi) is 4.68. The van der Waals surface area contributed by atoms with E-state index in [0.29, 0.717) is 33.3 Å². The van der Waals surface area contributed by atoms with Gasteiger partial charge in [-0.1, -0.05) is 17.2 Å². The molecule has 0 atom stereocenters. The van der Waals surface area contributed by atoms with Gasteiger partial charge in [0.05, 0.1) is 22.7 Å². The summed E-state index contributed by atoms with van der Waals surface area (Å²) in [6, 6.07) is 9.12. The van der Waals surface area contributed by atoms with Crippen LogP contribution in [0.2, 0.25) is 5.02 Å². The number of rotatable bonds is 4. The molecule has 0 spiro atoms. The molecule has 0 radical (unpaired) electrons. The summed E-state index contributed by atoms with van der Waals surface area (Å²) in [7, 11) is -2.37. The molecule has 0 bridgehead atoms. The molecular formula is C18H17ClN2O4S. The van der Waals surface area contributed by atoms with Gasteiger partial charge in [0.15, 0.2) is 0 Å². The van der Waals surface area contributed by atoms with Gasteiger partial charge in [-0.25, -0.2) is 8.42 Å². The van der Waals surface area contributed by atoms with Crippen molar-refractivity contribution in [3.63, 3.8) is 0 Å². The summed E-state index contributed by atoms with van der Waals surface area (Å²) in [6.07, 6.45) is 0. The van der Waals surface area contributed by atoms with Crippen molar-refractivity contribution in [2.24, 2.45) is 0 Å². The first kappa shape index (κ1) is 18.3. The van der Waals surface area contributed by atoms with Gasteiger partial charge < -0.3 is 10.1 Å². The van der Waals surface area contributed by atoms with Crippen LogP contribution in [-0.4, -0.2) is 21.4 Å². The summed E-state index contributed by atoms with van der Waals surface area (Å²) in [6.45, 7) is 3.62. The lowest BCUT2D eigenvalue weighted by atomic mass is 10.0. The highest BCUT2D eigenvalue weighted by molar-refractivity contribution is 7.92. The average Bonchev–Trinajstić information content (AvgIpc) is 2.89. The summed E-state index contributed by atoms with van der Waals surface area (Å²) in [5, 5.41) is 3.03. The van der Waals surface area contributed by atoms with E-state index in [9.17, 15) is 13.2 Å². The lowest BCUT2D eigenvalue weighted by Gasteiger charge is -2.11. The standard InChI is InChI=1S/C18H17ClN2O4S/c1-10(2)17-13-9-12(5-6-15(13)20-18(17)22)26(23,24)21-11-4-7-16(25-3)14(19)8-11/h4-9,21H,1-3H3,(H,20,22). The molecule has 1 heterocycles. The van der Waals surface area contributed by atoms with Gasteiger partial charge in [-0.3, -0.25) is 9.52 Å². The number of benzene rings is 2. The van der Waals surface area contributed by atoms with Crippen LogP contribution in [0.15, 0.2) is 46.9 Å². The number of fused-ring (bicyclic) bond motifs is 1. The van der Waals surface area contributed by atoms with Gasteiger partial charge in [0.25, 0.3) is 15.9 Å². The largest absolute Gasteiger partial charge is 0.495 e. The number of ether oxygens (including phenoxy) is 1. The number of nitrogens with one attached hydrogen (secondary N) is 2. The number of sulfonamides is 1. The summed E-state index contributed by atoms with van der Waals surface area (Å²) in [5.74, 6) is 0.217. The lowest BCUT2D eigenvalue weighted by molar-refractivity contribution is -0.110. The zero-order chi connectivity index (χ0) is 19.1. The number of anilines is 2. The van der Waals surface area contributed by atoms with E-state index in [-0.39, 0.29) is 10.8 Å². The molecular weight excluding hydrogens is 376 g/mol. The molecule has 136 valence electrons. The van der Waals surface area contributed by atoms with Crippen molar-refractivity contribution < 1.29 is 17.9 Å². The van der Waals surface area contributed by atoms with Crippen molar-refractivity contribution in [1.82, 2.24) is 0 Å². The van der Waals surface area contributed by atoms with Crippen molar-refractivity contribution in [3.8, 4) is 5.75 Å². The summed E-state index contributed by atoms with van der Waals surface area (Å²) in [5.41, 5.74) is 2.78. The zero-order valence-corrected chi connectivity index (χ0v) is 16.0. The van der Waals surface area contributed by atoms with E-state index in [1.165, 1.54) is 25.3 Å². The Morgan fingerprint density at radius 1 is 1.15 bits per heavy atom. The molecule has 1 amide bonds. The zero-order valence-electron chi connectivity index (χ0n) is 14.4. The van der Waals surface area contributed by atoms with Gasteiger partial charge in [0.1, 0.15) is 5.75 Å². The second-order valence-corrected chi connectivity index (χ2v) is 8.08. The molecule has 3 rings (SSSR count). The van der Waals surface area contributed by atoms with E-state index < -0.39 is 10.0 Å². The number of amides is 1. The first-order valence-electron chi connectivity index (χ1n) is 7.72. The molecule has 2 aromatic carbocycles. The minimum atomic E-state index is -3.85. The summed E-state index contributed by atoms with van der Waals surface area (Å²) < 4.78 is 33.0. The fraction of sp³-hybridized carbons (Fsp3) is 0.167. The molecule has 0 aliphatic carbocycles. The van der Waals surface area contributed by atoms with E-state index in [4.69, 9.17) is 16.3 Å². The number of methoxy groups -OCH3 is 1. The molecule has 6 nitrogen and oxygen atoms in total. The van der Waals surface area contributed by atoms with Crippen molar-refractivity contribution >= 4 is 44.5 Å². The van der Waals surface area contributed by atoms with Crippen LogP contribution in [0.5, 0.6) is 5.75 Å². The maximum absolute atomic E-state index is 12.7. The second-order valence-electron chi connectivity index (χ2n) is 5.99. The van der Waals surface area contributed by atoms with Gasteiger partial charge in [-0.05, 0) is 50.2 Å². The van der Waals surface area contributed by atoms with Crippen LogP contribution in [0.1, 0.15) is 19.4 Å². The molecule has 8 heteroatoms. The third-order valence-electron chi connectivity index (χ3n) is 3.95. The number of halogens is 1. The molecule has 2 aromatic rings. The Labute approximate surface area is 156 Å². The second kappa shape index (κ2) is 6.66. The number of allylic oxidation sites excluding steroid dienone is 1. The number of carbonyl (C=O) groups excluding carboxylic acids is 1. The van der Waals surface area contributed by atoms with E-state index in [1.54, 1.807) is 18.2 Å². The van der Waals surface area contributed by atoms with Crippen molar-refractivity contribution in [2.75, 3.05) is 17.1 Å².